The fourth-order valence-corrected chi connectivity index (χ4v) is 4.49. The third-order valence-electron chi connectivity index (χ3n) is 6.28. The van der Waals surface area contributed by atoms with E-state index in [2.05, 4.69) is 10.3 Å². The number of aromatic nitrogens is 3. The molecular formula is C25H22F2N4O3. The molecule has 0 N–H and O–H groups in total. The summed E-state index contributed by atoms with van der Waals surface area (Å²) in [6.07, 6.45) is 3.72. The van der Waals surface area contributed by atoms with Crippen molar-refractivity contribution < 1.29 is 22.8 Å². The minimum atomic E-state index is -0.791. The van der Waals surface area contributed by atoms with Crippen molar-refractivity contribution in [3.05, 3.63) is 88.9 Å². The molecule has 1 aliphatic rings. The lowest BCUT2D eigenvalue weighted by Gasteiger charge is -2.39. The van der Waals surface area contributed by atoms with Crippen LogP contribution in [0, 0.1) is 11.6 Å². The summed E-state index contributed by atoms with van der Waals surface area (Å²) in [6, 6.07) is 10.1. The quantitative estimate of drug-likeness (QED) is 0.437. The van der Waals surface area contributed by atoms with Crippen LogP contribution in [0.15, 0.2) is 59.4 Å². The fraction of sp³-hybridized carbons (Fsp3) is 0.240. The number of halogens is 2. The van der Waals surface area contributed by atoms with E-state index < -0.39 is 11.6 Å². The molecule has 0 fully saturated rings. The van der Waals surface area contributed by atoms with Gasteiger partial charge >= 0.3 is 0 Å². The molecule has 2 unspecified atom stereocenters. The molecule has 0 radical (unpaired) electrons. The van der Waals surface area contributed by atoms with Gasteiger partial charge in [-0.1, -0.05) is 11.2 Å². The molecule has 0 saturated carbocycles. The molecule has 1 amide bonds. The van der Waals surface area contributed by atoms with Gasteiger partial charge in [0.25, 0.3) is 5.91 Å². The van der Waals surface area contributed by atoms with E-state index in [4.69, 9.17) is 9.26 Å². The van der Waals surface area contributed by atoms with E-state index in [0.29, 0.717) is 6.54 Å². The van der Waals surface area contributed by atoms with E-state index in [-0.39, 0.29) is 34.9 Å². The highest BCUT2D eigenvalue weighted by Gasteiger charge is 2.36. The van der Waals surface area contributed by atoms with Crippen LogP contribution < -0.4 is 4.74 Å². The first-order chi connectivity index (χ1) is 16.4. The SMILES string of the molecule is COc1ccc2c(c1)C(c1cnn(C)c1)CN(C(=O)c1cc(-c3ccc(F)cc3F)on1)C2C. The van der Waals surface area contributed by atoms with Crippen molar-refractivity contribution in [3.8, 4) is 17.1 Å². The average molecular weight is 464 g/mol. The van der Waals surface area contributed by atoms with Crippen LogP contribution in [0.2, 0.25) is 0 Å². The first-order valence-electron chi connectivity index (χ1n) is 10.7. The van der Waals surface area contributed by atoms with Gasteiger partial charge in [0.15, 0.2) is 11.5 Å². The lowest BCUT2D eigenvalue weighted by atomic mass is 9.82. The molecule has 9 heteroatoms. The van der Waals surface area contributed by atoms with Crippen LogP contribution in [-0.2, 0) is 7.05 Å². The van der Waals surface area contributed by atoms with Crippen molar-refractivity contribution in [2.75, 3.05) is 13.7 Å². The lowest BCUT2D eigenvalue weighted by Crippen LogP contribution is -2.41. The summed E-state index contributed by atoms with van der Waals surface area (Å²) in [5, 5.41) is 8.19. The molecule has 4 aromatic rings. The summed E-state index contributed by atoms with van der Waals surface area (Å²) in [5.41, 5.74) is 3.11. The van der Waals surface area contributed by atoms with Crippen LogP contribution in [0.4, 0.5) is 8.78 Å². The number of hydrogen-bond acceptors (Lipinski definition) is 5. The number of fused-ring (bicyclic) bond motifs is 1. The maximum Gasteiger partial charge on any atom is 0.276 e. The number of methoxy groups -OCH3 is 1. The summed E-state index contributed by atoms with van der Waals surface area (Å²) >= 11 is 0. The van der Waals surface area contributed by atoms with E-state index >= 15 is 0 Å². The zero-order chi connectivity index (χ0) is 24.0. The smallest absolute Gasteiger partial charge is 0.276 e. The summed E-state index contributed by atoms with van der Waals surface area (Å²) in [7, 11) is 3.46. The Morgan fingerprint density at radius 1 is 1.15 bits per heavy atom. The molecule has 34 heavy (non-hydrogen) atoms. The molecule has 2 aromatic heterocycles. The molecule has 0 bridgehead atoms. The maximum absolute atomic E-state index is 14.2. The standard InChI is InChI=1S/C25H22F2N4O3/c1-14-18-7-5-17(33-3)9-20(18)21(15-11-28-30(2)12-15)13-31(14)25(32)23-10-24(34-29-23)19-6-4-16(26)8-22(19)27/h4-12,14,21H,13H2,1-3H3. The molecule has 174 valence electrons. The monoisotopic (exact) mass is 464 g/mol. The second-order valence-corrected chi connectivity index (χ2v) is 8.33. The van der Waals surface area contributed by atoms with E-state index in [1.54, 1.807) is 22.9 Å². The molecule has 3 heterocycles. The highest BCUT2D eigenvalue weighted by atomic mass is 19.1. The normalized spacial score (nSPS) is 17.5. The largest absolute Gasteiger partial charge is 0.497 e. The van der Waals surface area contributed by atoms with Crippen LogP contribution in [0.1, 0.15) is 46.1 Å². The van der Waals surface area contributed by atoms with Crippen molar-refractivity contribution in [2.24, 2.45) is 7.05 Å². The molecule has 7 nitrogen and oxygen atoms in total. The van der Waals surface area contributed by atoms with Gasteiger partial charge in [0.05, 0.1) is 24.9 Å². The predicted octanol–water partition coefficient (Wildman–Crippen LogP) is 4.71. The molecular weight excluding hydrogens is 442 g/mol. The average Bonchev–Trinajstić information content (AvgIpc) is 3.48. The van der Waals surface area contributed by atoms with Gasteiger partial charge in [-0.2, -0.15) is 5.10 Å². The Morgan fingerprint density at radius 3 is 2.68 bits per heavy atom. The summed E-state index contributed by atoms with van der Waals surface area (Å²) in [6.45, 7) is 2.34. The predicted molar refractivity (Wildman–Crippen MR) is 119 cm³/mol. The number of carbonyl (C=O) groups excluding carboxylic acids is 1. The summed E-state index contributed by atoms with van der Waals surface area (Å²) in [5.74, 6) is -1.17. The Labute approximate surface area is 194 Å². The number of amides is 1. The third-order valence-corrected chi connectivity index (χ3v) is 6.28. The van der Waals surface area contributed by atoms with E-state index in [0.717, 1.165) is 34.6 Å². The van der Waals surface area contributed by atoms with Crippen LogP contribution >= 0.6 is 0 Å². The minimum Gasteiger partial charge on any atom is -0.497 e. The Bertz CT molecular complexity index is 1380. The zero-order valence-corrected chi connectivity index (χ0v) is 18.8. The Hall–Kier alpha value is -4.01. The Morgan fingerprint density at radius 2 is 1.97 bits per heavy atom. The van der Waals surface area contributed by atoms with Crippen molar-refractivity contribution in [2.45, 2.75) is 18.9 Å². The second-order valence-electron chi connectivity index (χ2n) is 8.33. The number of nitrogens with zero attached hydrogens (tertiary/aromatic N) is 4. The topological polar surface area (TPSA) is 73.4 Å². The van der Waals surface area contributed by atoms with Gasteiger partial charge in [0.2, 0.25) is 0 Å². The van der Waals surface area contributed by atoms with Gasteiger partial charge in [-0.25, -0.2) is 8.78 Å². The van der Waals surface area contributed by atoms with Crippen LogP contribution in [-0.4, -0.2) is 39.4 Å². The van der Waals surface area contributed by atoms with Crippen molar-refractivity contribution in [1.29, 1.82) is 0 Å². The molecule has 2 aromatic carbocycles. The molecule has 0 spiro atoms. The van der Waals surface area contributed by atoms with Gasteiger partial charge in [-0.05, 0) is 47.9 Å². The first-order valence-corrected chi connectivity index (χ1v) is 10.7. The number of hydrogen-bond donors (Lipinski definition) is 0. The summed E-state index contributed by atoms with van der Waals surface area (Å²) in [4.78, 5) is 15.2. The second kappa shape index (κ2) is 8.40. The van der Waals surface area contributed by atoms with Gasteiger partial charge < -0.3 is 14.2 Å². The highest BCUT2D eigenvalue weighted by molar-refractivity contribution is 5.93. The molecule has 1 aliphatic heterocycles. The molecule has 0 saturated heterocycles. The maximum atomic E-state index is 14.2. The highest BCUT2D eigenvalue weighted by Crippen LogP contribution is 2.41. The van der Waals surface area contributed by atoms with Crippen LogP contribution in [0.5, 0.6) is 5.75 Å². The van der Waals surface area contributed by atoms with Gasteiger partial charge in [0.1, 0.15) is 17.4 Å². The van der Waals surface area contributed by atoms with E-state index in [1.807, 2.05) is 38.4 Å². The number of aryl methyl sites for hydroxylation is 1. The summed E-state index contributed by atoms with van der Waals surface area (Å²) < 4.78 is 39.9. The van der Waals surface area contributed by atoms with Crippen molar-refractivity contribution in [3.63, 3.8) is 0 Å². The Balaban J connectivity index is 1.51. The lowest BCUT2D eigenvalue weighted by molar-refractivity contribution is 0.0654. The van der Waals surface area contributed by atoms with Crippen LogP contribution in [0.3, 0.4) is 0 Å². The van der Waals surface area contributed by atoms with E-state index in [9.17, 15) is 13.6 Å². The van der Waals surface area contributed by atoms with Crippen molar-refractivity contribution >= 4 is 5.91 Å². The molecule has 5 rings (SSSR count). The molecule has 0 aliphatic carbocycles. The fourth-order valence-electron chi connectivity index (χ4n) is 4.49. The number of carbonyl (C=O) groups is 1. The number of rotatable bonds is 4. The Kier molecular flexibility index (Phi) is 5.39. The number of benzene rings is 2. The number of ether oxygens (including phenoxy) is 1. The third kappa shape index (κ3) is 3.72. The van der Waals surface area contributed by atoms with E-state index in [1.165, 1.54) is 12.1 Å². The first kappa shape index (κ1) is 21.8. The van der Waals surface area contributed by atoms with Gasteiger partial charge in [-0.3, -0.25) is 9.48 Å². The van der Waals surface area contributed by atoms with Gasteiger partial charge in [-0.15, -0.1) is 0 Å². The van der Waals surface area contributed by atoms with Crippen LogP contribution in [0.25, 0.3) is 11.3 Å². The van der Waals surface area contributed by atoms with Crippen molar-refractivity contribution in [1.82, 2.24) is 19.8 Å². The van der Waals surface area contributed by atoms with Gasteiger partial charge in [0, 0.05) is 37.8 Å². The minimum absolute atomic E-state index is 0.0327. The molecule has 2 atom stereocenters. The zero-order valence-electron chi connectivity index (χ0n) is 18.8.